The molecule has 1 aromatic carbocycles. The number of carbonyl (C=O) groups excluding carboxylic acids is 1. The smallest absolute Gasteiger partial charge is 0.225 e. The summed E-state index contributed by atoms with van der Waals surface area (Å²) in [7, 11) is 3.40. The number of nitrogens with two attached hydrogens (primary N) is 1. The van der Waals surface area contributed by atoms with Crippen molar-refractivity contribution in [3.63, 3.8) is 0 Å². The van der Waals surface area contributed by atoms with Gasteiger partial charge < -0.3 is 20.1 Å². The van der Waals surface area contributed by atoms with Crippen molar-refractivity contribution in [2.24, 2.45) is 5.73 Å². The predicted molar refractivity (Wildman–Crippen MR) is 74.4 cm³/mol. The van der Waals surface area contributed by atoms with E-state index in [1.54, 1.807) is 19.1 Å². The third-order valence-electron chi connectivity index (χ3n) is 2.77. The van der Waals surface area contributed by atoms with Crippen LogP contribution in [0.2, 0.25) is 0 Å². The van der Waals surface area contributed by atoms with E-state index in [0.717, 1.165) is 17.9 Å². The molecule has 106 valence electrons. The van der Waals surface area contributed by atoms with Crippen LogP contribution in [0.4, 0.5) is 0 Å². The number of methoxy groups -OCH3 is 1. The Hall–Kier alpha value is -1.75. The van der Waals surface area contributed by atoms with Crippen molar-refractivity contribution in [3.8, 4) is 11.5 Å². The van der Waals surface area contributed by atoms with Crippen LogP contribution in [0.1, 0.15) is 12.8 Å². The summed E-state index contributed by atoms with van der Waals surface area (Å²) in [5.41, 5.74) is 5.40. The first-order chi connectivity index (χ1) is 9.17. The van der Waals surface area contributed by atoms with Crippen LogP contribution in [0.15, 0.2) is 24.3 Å². The Labute approximate surface area is 114 Å². The molecule has 0 aromatic heterocycles. The molecule has 0 unspecified atom stereocenters. The van der Waals surface area contributed by atoms with Gasteiger partial charge in [-0.1, -0.05) is 0 Å². The highest BCUT2D eigenvalue weighted by Gasteiger charge is 2.07. The van der Waals surface area contributed by atoms with E-state index in [4.69, 9.17) is 15.2 Å². The third-order valence-corrected chi connectivity index (χ3v) is 2.77. The van der Waals surface area contributed by atoms with Gasteiger partial charge in [0.25, 0.3) is 0 Å². The highest BCUT2D eigenvalue weighted by molar-refractivity contribution is 5.75. The van der Waals surface area contributed by atoms with Crippen LogP contribution in [-0.2, 0) is 4.79 Å². The minimum Gasteiger partial charge on any atom is -0.497 e. The van der Waals surface area contributed by atoms with Gasteiger partial charge in [0.15, 0.2) is 0 Å². The SMILES string of the molecule is COc1ccc(OCCC(=O)N(C)CCCN)cc1. The molecule has 0 aliphatic rings. The van der Waals surface area contributed by atoms with Crippen LogP contribution < -0.4 is 15.2 Å². The Kier molecular flexibility index (Phi) is 6.74. The molecule has 0 bridgehead atoms. The molecule has 0 radical (unpaired) electrons. The number of rotatable bonds is 8. The molecule has 0 saturated heterocycles. The number of hydrogen-bond acceptors (Lipinski definition) is 4. The predicted octanol–water partition coefficient (Wildman–Crippen LogP) is 1.27. The lowest BCUT2D eigenvalue weighted by Crippen LogP contribution is -2.29. The summed E-state index contributed by atoms with van der Waals surface area (Å²) >= 11 is 0. The van der Waals surface area contributed by atoms with Gasteiger partial charge in [0.2, 0.25) is 5.91 Å². The highest BCUT2D eigenvalue weighted by atomic mass is 16.5. The second-order valence-electron chi connectivity index (χ2n) is 4.23. The van der Waals surface area contributed by atoms with Crippen molar-refractivity contribution >= 4 is 5.91 Å². The van der Waals surface area contributed by atoms with E-state index in [2.05, 4.69) is 0 Å². The summed E-state index contributed by atoms with van der Waals surface area (Å²) in [6.07, 6.45) is 1.19. The van der Waals surface area contributed by atoms with Gasteiger partial charge in [-0.2, -0.15) is 0 Å². The standard InChI is InChI=1S/C14H22N2O3/c1-16(10-3-9-15)14(17)8-11-19-13-6-4-12(18-2)5-7-13/h4-7H,3,8-11,15H2,1-2H3. The van der Waals surface area contributed by atoms with Crippen LogP contribution in [0.3, 0.4) is 0 Å². The normalized spacial score (nSPS) is 10.1. The summed E-state index contributed by atoms with van der Waals surface area (Å²) in [4.78, 5) is 13.4. The van der Waals surface area contributed by atoms with Gasteiger partial charge in [-0.25, -0.2) is 0 Å². The zero-order valence-corrected chi connectivity index (χ0v) is 11.6. The van der Waals surface area contributed by atoms with Crippen molar-refractivity contribution in [2.75, 3.05) is 33.9 Å². The molecule has 1 aromatic rings. The number of benzene rings is 1. The lowest BCUT2D eigenvalue weighted by molar-refractivity contribution is -0.130. The van der Waals surface area contributed by atoms with Gasteiger partial charge in [0.05, 0.1) is 20.1 Å². The van der Waals surface area contributed by atoms with Gasteiger partial charge in [-0.05, 0) is 37.2 Å². The first kappa shape index (κ1) is 15.3. The molecule has 2 N–H and O–H groups in total. The van der Waals surface area contributed by atoms with E-state index in [1.807, 2.05) is 24.3 Å². The Morgan fingerprint density at radius 1 is 1.26 bits per heavy atom. The van der Waals surface area contributed by atoms with Crippen LogP contribution in [0, 0.1) is 0 Å². The van der Waals surface area contributed by atoms with Crippen molar-refractivity contribution in [1.82, 2.24) is 4.90 Å². The number of nitrogens with zero attached hydrogens (tertiary/aromatic N) is 1. The average molecular weight is 266 g/mol. The fraction of sp³-hybridized carbons (Fsp3) is 0.500. The fourth-order valence-corrected chi connectivity index (χ4v) is 1.57. The largest absolute Gasteiger partial charge is 0.497 e. The topological polar surface area (TPSA) is 64.8 Å². The molecule has 0 aliphatic carbocycles. The van der Waals surface area contributed by atoms with E-state index in [-0.39, 0.29) is 5.91 Å². The maximum atomic E-state index is 11.7. The Morgan fingerprint density at radius 2 is 1.89 bits per heavy atom. The molecule has 0 spiro atoms. The first-order valence-electron chi connectivity index (χ1n) is 6.38. The lowest BCUT2D eigenvalue weighted by atomic mass is 10.3. The quantitative estimate of drug-likeness (QED) is 0.769. The average Bonchev–Trinajstić information content (AvgIpc) is 2.45. The van der Waals surface area contributed by atoms with Crippen molar-refractivity contribution in [2.45, 2.75) is 12.8 Å². The molecule has 0 fully saturated rings. The Balaban J connectivity index is 2.27. The minimum absolute atomic E-state index is 0.0713. The van der Waals surface area contributed by atoms with E-state index in [9.17, 15) is 4.79 Å². The van der Waals surface area contributed by atoms with E-state index in [1.165, 1.54) is 0 Å². The monoisotopic (exact) mass is 266 g/mol. The summed E-state index contributed by atoms with van der Waals surface area (Å²) in [5.74, 6) is 1.59. The van der Waals surface area contributed by atoms with Gasteiger partial charge in [-0.3, -0.25) is 4.79 Å². The minimum atomic E-state index is 0.0713. The molecule has 1 rings (SSSR count). The third kappa shape index (κ3) is 5.61. The molecule has 0 saturated carbocycles. The molecule has 0 heterocycles. The van der Waals surface area contributed by atoms with Crippen LogP contribution >= 0.6 is 0 Å². The summed E-state index contributed by atoms with van der Waals surface area (Å²) < 4.78 is 10.6. The molecule has 5 nitrogen and oxygen atoms in total. The summed E-state index contributed by atoms with van der Waals surface area (Å²) in [5, 5.41) is 0. The fourth-order valence-electron chi connectivity index (χ4n) is 1.57. The van der Waals surface area contributed by atoms with Crippen molar-refractivity contribution in [1.29, 1.82) is 0 Å². The Morgan fingerprint density at radius 3 is 2.47 bits per heavy atom. The maximum Gasteiger partial charge on any atom is 0.225 e. The molecule has 19 heavy (non-hydrogen) atoms. The van der Waals surface area contributed by atoms with Crippen LogP contribution in [0.25, 0.3) is 0 Å². The second-order valence-corrected chi connectivity index (χ2v) is 4.23. The zero-order chi connectivity index (χ0) is 14.1. The van der Waals surface area contributed by atoms with Gasteiger partial charge in [0, 0.05) is 13.6 Å². The van der Waals surface area contributed by atoms with Crippen LogP contribution in [0.5, 0.6) is 11.5 Å². The van der Waals surface area contributed by atoms with Crippen molar-refractivity contribution < 1.29 is 14.3 Å². The number of amides is 1. The van der Waals surface area contributed by atoms with Crippen molar-refractivity contribution in [3.05, 3.63) is 24.3 Å². The van der Waals surface area contributed by atoms with Crippen LogP contribution in [-0.4, -0.2) is 44.7 Å². The lowest BCUT2D eigenvalue weighted by Gasteiger charge is -2.16. The first-order valence-corrected chi connectivity index (χ1v) is 6.38. The van der Waals surface area contributed by atoms with E-state index >= 15 is 0 Å². The zero-order valence-electron chi connectivity index (χ0n) is 11.6. The number of carbonyl (C=O) groups is 1. The highest BCUT2D eigenvalue weighted by Crippen LogP contribution is 2.17. The Bertz CT molecular complexity index is 379. The van der Waals surface area contributed by atoms with Gasteiger partial charge >= 0.3 is 0 Å². The number of hydrogen-bond donors (Lipinski definition) is 1. The second kappa shape index (κ2) is 8.37. The molecular weight excluding hydrogens is 244 g/mol. The van der Waals surface area contributed by atoms with Gasteiger partial charge in [-0.15, -0.1) is 0 Å². The maximum absolute atomic E-state index is 11.7. The molecule has 5 heteroatoms. The van der Waals surface area contributed by atoms with E-state index in [0.29, 0.717) is 26.1 Å². The van der Waals surface area contributed by atoms with Gasteiger partial charge in [0.1, 0.15) is 11.5 Å². The molecule has 0 atom stereocenters. The number of ether oxygens (including phenoxy) is 2. The molecule has 1 amide bonds. The molecular formula is C14H22N2O3. The van der Waals surface area contributed by atoms with E-state index < -0.39 is 0 Å². The summed E-state index contributed by atoms with van der Waals surface area (Å²) in [6, 6.07) is 7.29. The summed E-state index contributed by atoms with van der Waals surface area (Å²) in [6.45, 7) is 1.66. The molecule has 0 aliphatic heterocycles.